The van der Waals surface area contributed by atoms with Crippen molar-refractivity contribution in [2.24, 2.45) is 0 Å². The molecule has 1 heterocycles. The highest BCUT2D eigenvalue weighted by Crippen LogP contribution is 2.29. The minimum Gasteiger partial charge on any atom is -0.358 e. The molecule has 0 atom stereocenters. The van der Waals surface area contributed by atoms with Crippen molar-refractivity contribution in [3.05, 3.63) is 101 Å². The molecule has 1 N–H and O–H groups in total. The van der Waals surface area contributed by atoms with Gasteiger partial charge in [-0.2, -0.15) is 0 Å². The number of hydrogen-bond donors (Lipinski definition) is 1. The second-order valence-corrected chi connectivity index (χ2v) is 6.55. The number of ketones is 1. The van der Waals surface area contributed by atoms with E-state index in [1.807, 2.05) is 48.5 Å². The van der Waals surface area contributed by atoms with Crippen LogP contribution in [0.2, 0.25) is 0 Å². The molecule has 0 saturated carbocycles. The topological polar surface area (TPSA) is 32.9 Å². The van der Waals surface area contributed by atoms with E-state index in [0.717, 1.165) is 29.7 Å². The summed E-state index contributed by atoms with van der Waals surface area (Å²) >= 11 is 0. The average molecular weight is 327 g/mol. The van der Waals surface area contributed by atoms with E-state index in [1.165, 1.54) is 24.1 Å². The number of rotatable bonds is 4. The fourth-order valence-electron chi connectivity index (χ4n) is 3.50. The molecule has 25 heavy (non-hydrogen) atoms. The molecule has 1 aliphatic rings. The number of hydrogen-bond acceptors (Lipinski definition) is 1. The Morgan fingerprint density at radius 1 is 0.840 bits per heavy atom. The third kappa shape index (κ3) is 3.34. The van der Waals surface area contributed by atoms with E-state index in [0.29, 0.717) is 5.56 Å². The maximum Gasteiger partial charge on any atom is 0.186 e. The van der Waals surface area contributed by atoms with Crippen LogP contribution in [-0.2, 0) is 12.8 Å². The average Bonchev–Trinajstić information content (AvgIpc) is 3.11. The van der Waals surface area contributed by atoms with Crippen molar-refractivity contribution in [3.8, 4) is 0 Å². The lowest BCUT2D eigenvalue weighted by atomic mass is 9.96. The summed E-state index contributed by atoms with van der Waals surface area (Å²) in [7, 11) is 0. The Balaban J connectivity index is 1.78. The first-order valence-corrected chi connectivity index (χ1v) is 8.89. The van der Waals surface area contributed by atoms with Gasteiger partial charge in [-0.3, -0.25) is 4.79 Å². The third-order valence-electron chi connectivity index (χ3n) is 4.82. The first-order chi connectivity index (χ1) is 12.3. The molecule has 0 amide bonds. The van der Waals surface area contributed by atoms with Crippen molar-refractivity contribution >= 4 is 11.4 Å². The number of carbonyl (C=O) groups is 1. The van der Waals surface area contributed by atoms with Crippen LogP contribution in [-0.4, -0.2) is 10.8 Å². The molecule has 0 radical (unpaired) electrons. The van der Waals surface area contributed by atoms with Crippen molar-refractivity contribution < 1.29 is 4.79 Å². The van der Waals surface area contributed by atoms with Gasteiger partial charge in [0, 0.05) is 22.5 Å². The number of benzene rings is 2. The summed E-state index contributed by atoms with van der Waals surface area (Å²) < 4.78 is 0. The Morgan fingerprint density at radius 2 is 1.48 bits per heavy atom. The lowest BCUT2D eigenvalue weighted by molar-refractivity contribution is 0.104. The molecule has 0 spiro atoms. The molecule has 0 saturated heterocycles. The molecule has 2 aromatic carbocycles. The van der Waals surface area contributed by atoms with Crippen molar-refractivity contribution in [2.75, 3.05) is 0 Å². The first-order valence-electron chi connectivity index (χ1n) is 8.89. The Labute approximate surface area is 148 Å². The van der Waals surface area contributed by atoms with Gasteiger partial charge in [0.05, 0.1) is 0 Å². The number of aryl methyl sites for hydroxylation is 2. The van der Waals surface area contributed by atoms with Crippen LogP contribution in [0.1, 0.15) is 45.7 Å². The van der Waals surface area contributed by atoms with Gasteiger partial charge in [0.2, 0.25) is 0 Å². The lowest BCUT2D eigenvalue weighted by Gasteiger charge is -2.09. The lowest BCUT2D eigenvalue weighted by Crippen LogP contribution is -2.00. The highest BCUT2D eigenvalue weighted by atomic mass is 16.1. The minimum absolute atomic E-state index is 0.0343. The predicted molar refractivity (Wildman–Crippen MR) is 102 cm³/mol. The van der Waals surface area contributed by atoms with Crippen LogP contribution in [0.5, 0.6) is 0 Å². The maximum absolute atomic E-state index is 12.8. The van der Waals surface area contributed by atoms with Crippen LogP contribution in [0.25, 0.3) is 5.57 Å². The van der Waals surface area contributed by atoms with E-state index in [2.05, 4.69) is 23.2 Å². The molecule has 0 unspecified atom stereocenters. The second-order valence-electron chi connectivity index (χ2n) is 6.55. The molecule has 4 rings (SSSR count). The zero-order valence-corrected chi connectivity index (χ0v) is 14.2. The molecule has 1 aromatic heterocycles. The summed E-state index contributed by atoms with van der Waals surface area (Å²) in [4.78, 5) is 16.3. The zero-order chi connectivity index (χ0) is 17.1. The van der Waals surface area contributed by atoms with Gasteiger partial charge in [-0.05, 0) is 49.0 Å². The van der Waals surface area contributed by atoms with Crippen molar-refractivity contribution in [2.45, 2.75) is 25.7 Å². The number of fused-ring (bicyclic) bond motifs is 1. The SMILES string of the molecule is O=C(C=C(c1ccccc1)c1cc2c([nH]1)CCCC2)c1ccccc1. The Morgan fingerprint density at radius 3 is 2.16 bits per heavy atom. The number of aromatic nitrogens is 1. The van der Waals surface area contributed by atoms with Crippen LogP contribution in [0, 0.1) is 0 Å². The monoisotopic (exact) mass is 327 g/mol. The molecular weight excluding hydrogens is 306 g/mol. The van der Waals surface area contributed by atoms with Gasteiger partial charge in [-0.15, -0.1) is 0 Å². The van der Waals surface area contributed by atoms with E-state index in [4.69, 9.17) is 0 Å². The van der Waals surface area contributed by atoms with E-state index in [9.17, 15) is 4.79 Å². The number of carbonyl (C=O) groups excluding carboxylic acids is 1. The number of allylic oxidation sites excluding steroid dienone is 1. The predicted octanol–water partition coefficient (Wildman–Crippen LogP) is 5.21. The highest BCUT2D eigenvalue weighted by molar-refractivity contribution is 6.10. The van der Waals surface area contributed by atoms with Gasteiger partial charge < -0.3 is 4.98 Å². The van der Waals surface area contributed by atoms with E-state index >= 15 is 0 Å². The number of aromatic amines is 1. The van der Waals surface area contributed by atoms with Crippen LogP contribution in [0.3, 0.4) is 0 Å². The van der Waals surface area contributed by atoms with E-state index in [-0.39, 0.29) is 5.78 Å². The van der Waals surface area contributed by atoms with E-state index in [1.54, 1.807) is 6.08 Å². The molecular formula is C23H21NO. The highest BCUT2D eigenvalue weighted by Gasteiger charge is 2.16. The number of H-pyrrole nitrogens is 1. The summed E-state index contributed by atoms with van der Waals surface area (Å²) in [6.07, 6.45) is 6.48. The van der Waals surface area contributed by atoms with Crippen LogP contribution >= 0.6 is 0 Å². The first kappa shape index (κ1) is 15.6. The Kier molecular flexibility index (Phi) is 4.34. The van der Waals surface area contributed by atoms with Gasteiger partial charge in [0.1, 0.15) is 0 Å². The zero-order valence-electron chi connectivity index (χ0n) is 14.2. The number of nitrogens with one attached hydrogen (secondary N) is 1. The van der Waals surface area contributed by atoms with Crippen LogP contribution in [0.4, 0.5) is 0 Å². The summed E-state index contributed by atoms with van der Waals surface area (Å²) in [5.41, 5.74) is 6.51. The van der Waals surface area contributed by atoms with Crippen molar-refractivity contribution in [1.29, 1.82) is 0 Å². The third-order valence-corrected chi connectivity index (χ3v) is 4.82. The van der Waals surface area contributed by atoms with Gasteiger partial charge in [-0.25, -0.2) is 0 Å². The normalized spacial score (nSPS) is 14.2. The smallest absolute Gasteiger partial charge is 0.186 e. The molecule has 3 aromatic rings. The fourth-order valence-corrected chi connectivity index (χ4v) is 3.50. The van der Waals surface area contributed by atoms with Crippen LogP contribution < -0.4 is 0 Å². The van der Waals surface area contributed by atoms with Crippen molar-refractivity contribution in [1.82, 2.24) is 4.98 Å². The quantitative estimate of drug-likeness (QED) is 0.518. The standard InChI is InChI=1S/C23H21NO/c25-23(18-11-5-2-6-12-18)16-20(17-9-3-1-4-10-17)22-15-19-13-7-8-14-21(19)24-22/h1-6,9-12,15-16,24H,7-8,13-14H2. The molecule has 2 heteroatoms. The Bertz CT molecular complexity index is 880. The summed E-state index contributed by atoms with van der Waals surface area (Å²) in [5, 5.41) is 0. The van der Waals surface area contributed by atoms with E-state index < -0.39 is 0 Å². The molecule has 0 bridgehead atoms. The molecule has 0 fully saturated rings. The summed E-state index contributed by atoms with van der Waals surface area (Å²) in [6, 6.07) is 21.8. The molecule has 2 nitrogen and oxygen atoms in total. The molecule has 124 valence electrons. The fraction of sp³-hybridized carbons (Fsp3) is 0.174. The van der Waals surface area contributed by atoms with Gasteiger partial charge in [-0.1, -0.05) is 60.7 Å². The second kappa shape index (κ2) is 6.94. The Hall–Kier alpha value is -2.87. The summed E-state index contributed by atoms with van der Waals surface area (Å²) in [5.74, 6) is 0.0343. The maximum atomic E-state index is 12.8. The molecule has 0 aliphatic heterocycles. The van der Waals surface area contributed by atoms with Gasteiger partial charge in [0.25, 0.3) is 0 Å². The van der Waals surface area contributed by atoms with Gasteiger partial charge >= 0.3 is 0 Å². The minimum atomic E-state index is 0.0343. The largest absolute Gasteiger partial charge is 0.358 e. The molecule has 1 aliphatic carbocycles. The summed E-state index contributed by atoms with van der Waals surface area (Å²) in [6.45, 7) is 0. The van der Waals surface area contributed by atoms with Crippen molar-refractivity contribution in [3.63, 3.8) is 0 Å². The van der Waals surface area contributed by atoms with Gasteiger partial charge in [0.15, 0.2) is 5.78 Å². The van der Waals surface area contributed by atoms with Crippen LogP contribution in [0.15, 0.2) is 72.8 Å².